The molecule has 0 radical (unpaired) electrons. The van der Waals surface area contributed by atoms with Gasteiger partial charge in [-0.3, -0.25) is 9.59 Å². The number of anilines is 1. The van der Waals surface area contributed by atoms with Crippen LogP contribution in [0.25, 0.3) is 0 Å². The van der Waals surface area contributed by atoms with Gasteiger partial charge in [0.2, 0.25) is 5.91 Å². The minimum Gasteiger partial charge on any atom is -0.336 e. The van der Waals surface area contributed by atoms with Crippen LogP contribution in [-0.2, 0) is 11.3 Å². The van der Waals surface area contributed by atoms with E-state index in [2.05, 4.69) is 16.8 Å². The zero-order valence-electron chi connectivity index (χ0n) is 16.0. The summed E-state index contributed by atoms with van der Waals surface area (Å²) in [6.07, 6.45) is 1.75. The molecule has 1 aromatic carbocycles. The largest absolute Gasteiger partial charge is 0.336 e. The van der Waals surface area contributed by atoms with E-state index >= 15 is 0 Å². The zero-order chi connectivity index (χ0) is 19.5. The number of carbonyl (C=O) groups is 2. The molecule has 1 saturated heterocycles. The van der Waals surface area contributed by atoms with Gasteiger partial charge in [-0.2, -0.15) is 0 Å². The van der Waals surface area contributed by atoms with Crippen LogP contribution in [0.1, 0.15) is 22.8 Å². The van der Waals surface area contributed by atoms with Crippen molar-refractivity contribution >= 4 is 29.3 Å². The van der Waals surface area contributed by atoms with Crippen LogP contribution in [0.4, 0.5) is 5.69 Å². The standard InChI is InChI=1S/C21H24N4O2S/c1-2-23-10-12-24(13-11-23)21(27)17-7-5-16(6-8-17)14-25-18-4-3-9-22-20(18)28-15-19(25)26/h3-9H,2,10-15H2,1H3. The molecule has 2 aliphatic rings. The summed E-state index contributed by atoms with van der Waals surface area (Å²) in [4.78, 5) is 35.6. The lowest BCUT2D eigenvalue weighted by Gasteiger charge is -2.34. The SMILES string of the molecule is CCN1CCN(C(=O)c2ccc(CN3C(=O)CSc4ncccc43)cc2)CC1. The second kappa shape index (κ2) is 8.32. The molecule has 4 rings (SSSR count). The van der Waals surface area contributed by atoms with Crippen molar-refractivity contribution in [2.24, 2.45) is 0 Å². The maximum Gasteiger partial charge on any atom is 0.253 e. The smallest absolute Gasteiger partial charge is 0.253 e. The van der Waals surface area contributed by atoms with Crippen LogP contribution in [0.3, 0.4) is 0 Å². The number of likely N-dealkylation sites (N-methyl/N-ethyl adjacent to an activating group) is 1. The van der Waals surface area contributed by atoms with Crippen molar-refractivity contribution in [3.05, 3.63) is 53.7 Å². The molecule has 0 unspecified atom stereocenters. The maximum atomic E-state index is 12.7. The average molecular weight is 397 g/mol. The molecular weight excluding hydrogens is 372 g/mol. The highest BCUT2D eigenvalue weighted by Gasteiger charge is 2.26. The first-order chi connectivity index (χ1) is 13.7. The Morgan fingerprint density at radius 2 is 1.86 bits per heavy atom. The minimum atomic E-state index is 0.0828. The Hall–Kier alpha value is -2.38. The molecule has 1 aromatic heterocycles. The molecule has 2 aliphatic heterocycles. The highest BCUT2D eigenvalue weighted by atomic mass is 32.2. The molecule has 28 heavy (non-hydrogen) atoms. The van der Waals surface area contributed by atoms with E-state index in [1.807, 2.05) is 41.3 Å². The fourth-order valence-electron chi connectivity index (χ4n) is 3.60. The van der Waals surface area contributed by atoms with Crippen LogP contribution in [0.15, 0.2) is 47.6 Å². The molecule has 0 saturated carbocycles. The number of benzene rings is 1. The first-order valence-electron chi connectivity index (χ1n) is 9.64. The summed E-state index contributed by atoms with van der Waals surface area (Å²) >= 11 is 1.48. The van der Waals surface area contributed by atoms with Gasteiger partial charge >= 0.3 is 0 Å². The highest BCUT2D eigenvalue weighted by molar-refractivity contribution is 8.00. The average Bonchev–Trinajstić information content (AvgIpc) is 2.76. The van der Waals surface area contributed by atoms with Gasteiger partial charge in [0.15, 0.2) is 0 Å². The van der Waals surface area contributed by atoms with Crippen LogP contribution >= 0.6 is 11.8 Å². The first kappa shape index (κ1) is 19.0. The van der Waals surface area contributed by atoms with E-state index in [0.717, 1.165) is 49.0 Å². The molecule has 0 bridgehead atoms. The quantitative estimate of drug-likeness (QED) is 0.795. The van der Waals surface area contributed by atoms with Crippen LogP contribution in [0.5, 0.6) is 0 Å². The number of rotatable bonds is 4. The minimum absolute atomic E-state index is 0.0828. The molecule has 0 atom stereocenters. The Kier molecular flexibility index (Phi) is 5.64. The second-order valence-corrected chi connectivity index (χ2v) is 7.98. The van der Waals surface area contributed by atoms with E-state index in [1.54, 1.807) is 11.1 Å². The lowest BCUT2D eigenvalue weighted by Crippen LogP contribution is -2.48. The number of aromatic nitrogens is 1. The summed E-state index contributed by atoms with van der Waals surface area (Å²) in [6.45, 7) is 7.09. The zero-order valence-corrected chi connectivity index (χ0v) is 16.8. The Balaban J connectivity index is 1.44. The highest BCUT2D eigenvalue weighted by Crippen LogP contribution is 2.34. The third-order valence-corrected chi connectivity index (χ3v) is 6.30. The molecule has 6 nitrogen and oxygen atoms in total. The van der Waals surface area contributed by atoms with E-state index < -0.39 is 0 Å². The number of hydrogen-bond donors (Lipinski definition) is 0. The second-order valence-electron chi connectivity index (χ2n) is 7.02. The fraction of sp³-hybridized carbons (Fsp3) is 0.381. The predicted octanol–water partition coefficient (Wildman–Crippen LogP) is 2.50. The summed E-state index contributed by atoms with van der Waals surface area (Å²) in [5.74, 6) is 0.575. The molecule has 1 fully saturated rings. The van der Waals surface area contributed by atoms with Crippen molar-refractivity contribution in [1.29, 1.82) is 0 Å². The van der Waals surface area contributed by atoms with Crippen LogP contribution < -0.4 is 4.90 Å². The van der Waals surface area contributed by atoms with E-state index in [1.165, 1.54) is 11.8 Å². The Labute approximate surface area is 169 Å². The van der Waals surface area contributed by atoms with E-state index in [9.17, 15) is 9.59 Å². The maximum absolute atomic E-state index is 12.7. The van der Waals surface area contributed by atoms with E-state index in [-0.39, 0.29) is 11.8 Å². The van der Waals surface area contributed by atoms with Gasteiger partial charge in [-0.15, -0.1) is 0 Å². The molecule has 3 heterocycles. The van der Waals surface area contributed by atoms with Gasteiger partial charge < -0.3 is 14.7 Å². The monoisotopic (exact) mass is 396 g/mol. The summed E-state index contributed by atoms with van der Waals surface area (Å²) in [5, 5.41) is 0.889. The normalized spacial score (nSPS) is 17.5. The van der Waals surface area contributed by atoms with Crippen molar-refractivity contribution in [1.82, 2.24) is 14.8 Å². The molecular formula is C21H24N4O2S. The van der Waals surface area contributed by atoms with E-state index in [0.29, 0.717) is 17.9 Å². The van der Waals surface area contributed by atoms with Crippen molar-refractivity contribution in [2.75, 3.05) is 43.4 Å². The van der Waals surface area contributed by atoms with Crippen LogP contribution in [0.2, 0.25) is 0 Å². The number of hydrogen-bond acceptors (Lipinski definition) is 5. The molecule has 0 spiro atoms. The Bertz CT molecular complexity index is 863. The molecule has 0 N–H and O–H groups in total. The number of fused-ring (bicyclic) bond motifs is 1. The van der Waals surface area contributed by atoms with Gasteiger partial charge in [0.1, 0.15) is 5.03 Å². The van der Waals surface area contributed by atoms with Crippen molar-refractivity contribution in [2.45, 2.75) is 18.5 Å². The van der Waals surface area contributed by atoms with Gasteiger partial charge in [-0.1, -0.05) is 30.8 Å². The van der Waals surface area contributed by atoms with Crippen LogP contribution in [0, 0.1) is 0 Å². The summed E-state index contributed by atoms with van der Waals surface area (Å²) in [6, 6.07) is 11.4. The third kappa shape index (κ3) is 3.91. The number of thioether (sulfide) groups is 1. The molecule has 0 aliphatic carbocycles. The molecule has 2 amide bonds. The summed E-state index contributed by atoms with van der Waals surface area (Å²) < 4.78 is 0. The molecule has 146 valence electrons. The van der Waals surface area contributed by atoms with Gasteiger partial charge in [-0.25, -0.2) is 4.98 Å². The molecule has 2 aromatic rings. The van der Waals surface area contributed by atoms with Gasteiger partial charge in [0.05, 0.1) is 18.0 Å². The fourth-order valence-corrected chi connectivity index (χ4v) is 4.48. The van der Waals surface area contributed by atoms with Gasteiger partial charge in [0.25, 0.3) is 5.91 Å². The first-order valence-corrected chi connectivity index (χ1v) is 10.6. The topological polar surface area (TPSA) is 56.8 Å². The van der Waals surface area contributed by atoms with Gasteiger partial charge in [-0.05, 0) is 36.4 Å². The number of piperazine rings is 1. The third-order valence-electron chi connectivity index (χ3n) is 5.32. The lowest BCUT2D eigenvalue weighted by atomic mass is 10.1. The number of nitrogens with zero attached hydrogens (tertiary/aromatic N) is 4. The van der Waals surface area contributed by atoms with Crippen LogP contribution in [-0.4, -0.2) is 65.1 Å². The number of pyridine rings is 1. The number of amides is 2. The van der Waals surface area contributed by atoms with E-state index in [4.69, 9.17) is 0 Å². The summed E-state index contributed by atoms with van der Waals surface area (Å²) in [5.41, 5.74) is 2.57. The van der Waals surface area contributed by atoms with Gasteiger partial charge in [0, 0.05) is 37.9 Å². The molecule has 7 heteroatoms. The van der Waals surface area contributed by atoms with Crippen molar-refractivity contribution < 1.29 is 9.59 Å². The number of carbonyl (C=O) groups excluding carboxylic acids is 2. The predicted molar refractivity (Wildman–Crippen MR) is 111 cm³/mol. The lowest BCUT2D eigenvalue weighted by molar-refractivity contribution is -0.116. The van der Waals surface area contributed by atoms with Crippen molar-refractivity contribution in [3.8, 4) is 0 Å². The Morgan fingerprint density at radius 1 is 1.11 bits per heavy atom. The Morgan fingerprint density at radius 3 is 2.57 bits per heavy atom. The summed E-state index contributed by atoms with van der Waals surface area (Å²) in [7, 11) is 0. The van der Waals surface area contributed by atoms with Crippen molar-refractivity contribution in [3.63, 3.8) is 0 Å².